The molecule has 1 heterocycles. The van der Waals surface area contributed by atoms with Crippen LogP contribution in [-0.2, 0) is 5.41 Å². The van der Waals surface area contributed by atoms with E-state index in [-0.39, 0.29) is 11.4 Å². The van der Waals surface area contributed by atoms with Gasteiger partial charge in [-0.1, -0.05) is 20.8 Å². The van der Waals surface area contributed by atoms with Crippen LogP contribution in [0.1, 0.15) is 36.8 Å². The van der Waals surface area contributed by atoms with Crippen LogP contribution < -0.4 is 11.1 Å². The number of hydrogen-bond acceptors (Lipinski definition) is 3. The molecule has 8 heteroatoms. The molecule has 0 unspecified atom stereocenters. The second kappa shape index (κ2) is 5.87. The van der Waals surface area contributed by atoms with E-state index in [1.165, 1.54) is 12.1 Å². The first-order valence-corrected chi connectivity index (χ1v) is 6.15. The predicted octanol–water partition coefficient (Wildman–Crippen LogP) is 2.59. The van der Waals surface area contributed by atoms with Gasteiger partial charge >= 0.3 is 12.3 Å². The summed E-state index contributed by atoms with van der Waals surface area (Å²) in [5, 5.41) is 1.77. The van der Waals surface area contributed by atoms with Gasteiger partial charge in [-0.2, -0.15) is 8.78 Å². The first kappa shape index (κ1) is 17.2. The van der Waals surface area contributed by atoms with Crippen molar-refractivity contribution in [2.45, 2.75) is 38.5 Å². The van der Waals surface area contributed by atoms with Crippen LogP contribution in [0.5, 0.6) is 0 Å². The number of nitrogens with one attached hydrogen (secondary N) is 1. The van der Waals surface area contributed by atoms with Crippen LogP contribution in [0.25, 0.3) is 0 Å². The fourth-order valence-electron chi connectivity index (χ4n) is 1.44. The Morgan fingerprint density at radius 3 is 2.38 bits per heavy atom. The summed E-state index contributed by atoms with van der Waals surface area (Å²) in [5.41, 5.74) is 5.65. The minimum absolute atomic E-state index is 0.00232. The van der Waals surface area contributed by atoms with E-state index in [1.807, 2.05) is 20.8 Å². The van der Waals surface area contributed by atoms with Crippen molar-refractivity contribution in [3.8, 4) is 0 Å². The van der Waals surface area contributed by atoms with Gasteiger partial charge in [0.2, 0.25) is 0 Å². The lowest BCUT2D eigenvalue weighted by Gasteiger charge is -2.19. The largest absolute Gasteiger partial charge is 0.384 e. The number of rotatable bonds is 4. The molecule has 21 heavy (non-hydrogen) atoms. The molecular formula is C13H17F4N3O. The number of carbonyl (C=O) groups excluding carboxylic acids is 1. The second-order valence-electron chi connectivity index (χ2n) is 5.66. The Bertz CT molecular complexity index is 527. The van der Waals surface area contributed by atoms with Crippen LogP contribution in [0.2, 0.25) is 0 Å². The molecule has 0 aromatic carbocycles. The molecule has 3 N–H and O–H groups in total. The molecule has 0 atom stereocenters. The first-order valence-electron chi connectivity index (χ1n) is 6.15. The number of halogens is 4. The molecule has 1 aromatic heterocycles. The van der Waals surface area contributed by atoms with Crippen molar-refractivity contribution in [2.24, 2.45) is 0 Å². The van der Waals surface area contributed by atoms with Crippen molar-refractivity contribution in [3.05, 3.63) is 23.4 Å². The highest BCUT2D eigenvalue weighted by atomic mass is 19.3. The average molecular weight is 307 g/mol. The van der Waals surface area contributed by atoms with E-state index in [1.54, 1.807) is 5.32 Å². The molecule has 0 aliphatic heterocycles. The van der Waals surface area contributed by atoms with E-state index >= 15 is 0 Å². The highest BCUT2D eigenvalue weighted by Gasteiger charge is 2.40. The summed E-state index contributed by atoms with van der Waals surface area (Å²) in [6, 6.07) is 2.59. The minimum Gasteiger partial charge on any atom is -0.384 e. The highest BCUT2D eigenvalue weighted by molar-refractivity contribution is 5.95. The van der Waals surface area contributed by atoms with Gasteiger partial charge in [0.05, 0.1) is 6.54 Å². The summed E-state index contributed by atoms with van der Waals surface area (Å²) in [6.07, 6.45) is -3.84. The van der Waals surface area contributed by atoms with E-state index in [2.05, 4.69) is 4.98 Å². The van der Waals surface area contributed by atoms with Gasteiger partial charge in [0, 0.05) is 16.7 Å². The maximum atomic E-state index is 12.8. The summed E-state index contributed by atoms with van der Waals surface area (Å²) < 4.78 is 49.6. The van der Waals surface area contributed by atoms with Crippen molar-refractivity contribution < 1.29 is 22.4 Å². The van der Waals surface area contributed by atoms with Gasteiger partial charge in [-0.25, -0.2) is 13.8 Å². The molecule has 0 bridgehead atoms. The van der Waals surface area contributed by atoms with Gasteiger partial charge in [-0.05, 0) is 12.1 Å². The Hall–Kier alpha value is -1.86. The smallest absolute Gasteiger partial charge is 0.324 e. The van der Waals surface area contributed by atoms with Gasteiger partial charge < -0.3 is 11.1 Å². The van der Waals surface area contributed by atoms with E-state index in [9.17, 15) is 22.4 Å². The lowest BCUT2D eigenvalue weighted by Crippen LogP contribution is -2.41. The Morgan fingerprint density at radius 1 is 1.33 bits per heavy atom. The van der Waals surface area contributed by atoms with Gasteiger partial charge in [0.25, 0.3) is 5.91 Å². The maximum Gasteiger partial charge on any atom is 0.324 e. The standard InChI is InChI=1S/C13H17F4N3O/c1-12(2,3)8-4-7(5-9(18)20-8)10(21)19-6-13(16,17)11(14)15/h4-5,11H,6H2,1-3H3,(H2,18,20)(H,19,21). The lowest BCUT2D eigenvalue weighted by atomic mass is 9.90. The number of anilines is 1. The summed E-state index contributed by atoms with van der Waals surface area (Å²) in [5.74, 6) is -5.13. The molecule has 1 rings (SSSR count). The molecule has 0 aliphatic carbocycles. The summed E-state index contributed by atoms with van der Waals surface area (Å²) in [7, 11) is 0. The van der Waals surface area contributed by atoms with Crippen LogP contribution >= 0.6 is 0 Å². The zero-order valence-electron chi connectivity index (χ0n) is 11.9. The van der Waals surface area contributed by atoms with Crippen molar-refractivity contribution >= 4 is 11.7 Å². The number of hydrogen-bond donors (Lipinski definition) is 2. The summed E-state index contributed by atoms with van der Waals surface area (Å²) in [6.45, 7) is 4.06. The molecule has 4 nitrogen and oxygen atoms in total. The molecule has 0 fully saturated rings. The number of amides is 1. The summed E-state index contributed by atoms with van der Waals surface area (Å²) >= 11 is 0. The molecule has 0 spiro atoms. The number of nitrogen functional groups attached to an aromatic ring is 1. The van der Waals surface area contributed by atoms with Gasteiger partial charge in [0.1, 0.15) is 5.82 Å². The molecule has 1 aromatic rings. The van der Waals surface area contributed by atoms with Gasteiger partial charge in [0.15, 0.2) is 0 Å². The Morgan fingerprint density at radius 2 is 1.90 bits per heavy atom. The van der Waals surface area contributed by atoms with Crippen LogP contribution in [0.15, 0.2) is 12.1 Å². The number of carbonyl (C=O) groups is 1. The number of pyridine rings is 1. The Balaban J connectivity index is 2.91. The number of aromatic nitrogens is 1. The van der Waals surface area contributed by atoms with Crippen LogP contribution in [0.3, 0.4) is 0 Å². The topological polar surface area (TPSA) is 68.0 Å². The van der Waals surface area contributed by atoms with E-state index in [0.717, 1.165) is 0 Å². The zero-order valence-corrected chi connectivity index (χ0v) is 11.9. The van der Waals surface area contributed by atoms with Gasteiger partial charge in [-0.3, -0.25) is 4.79 Å². The van der Waals surface area contributed by atoms with Crippen molar-refractivity contribution in [3.63, 3.8) is 0 Å². The van der Waals surface area contributed by atoms with E-state index in [4.69, 9.17) is 5.73 Å². The molecule has 1 amide bonds. The fraction of sp³-hybridized carbons (Fsp3) is 0.538. The highest BCUT2D eigenvalue weighted by Crippen LogP contribution is 2.23. The molecule has 118 valence electrons. The lowest BCUT2D eigenvalue weighted by molar-refractivity contribution is -0.123. The maximum absolute atomic E-state index is 12.8. The SMILES string of the molecule is CC(C)(C)c1cc(C(=O)NCC(F)(F)C(F)F)cc(N)n1. The average Bonchev–Trinajstić information content (AvgIpc) is 2.34. The molecule has 0 aliphatic rings. The second-order valence-corrected chi connectivity index (χ2v) is 5.66. The van der Waals surface area contributed by atoms with Crippen LogP contribution in [-0.4, -0.2) is 29.8 Å². The van der Waals surface area contributed by atoms with Crippen LogP contribution in [0.4, 0.5) is 23.4 Å². The molecule has 0 radical (unpaired) electrons. The van der Waals surface area contributed by atoms with Crippen molar-refractivity contribution in [1.29, 1.82) is 0 Å². The normalized spacial score (nSPS) is 12.6. The quantitative estimate of drug-likeness (QED) is 0.840. The van der Waals surface area contributed by atoms with E-state index in [0.29, 0.717) is 5.69 Å². The molecule has 0 saturated carbocycles. The number of nitrogens with zero attached hydrogens (tertiary/aromatic N) is 1. The molecular weight excluding hydrogens is 290 g/mol. The third-order valence-electron chi connectivity index (χ3n) is 2.68. The van der Waals surface area contributed by atoms with Crippen molar-refractivity contribution in [2.75, 3.05) is 12.3 Å². The first-order chi connectivity index (χ1) is 9.43. The van der Waals surface area contributed by atoms with E-state index < -0.39 is 30.2 Å². The Kier molecular flexibility index (Phi) is 4.80. The minimum atomic E-state index is -4.28. The molecule has 0 saturated heterocycles. The monoisotopic (exact) mass is 307 g/mol. The van der Waals surface area contributed by atoms with Crippen LogP contribution in [0, 0.1) is 0 Å². The number of nitrogens with two attached hydrogens (primary N) is 1. The van der Waals surface area contributed by atoms with Crippen molar-refractivity contribution in [1.82, 2.24) is 10.3 Å². The third kappa shape index (κ3) is 4.57. The number of alkyl halides is 4. The summed E-state index contributed by atoms with van der Waals surface area (Å²) in [4.78, 5) is 15.8. The predicted molar refractivity (Wildman–Crippen MR) is 70.6 cm³/mol. The zero-order chi connectivity index (χ0) is 16.4. The fourth-order valence-corrected chi connectivity index (χ4v) is 1.44. The Labute approximate surface area is 119 Å². The van der Waals surface area contributed by atoms with Gasteiger partial charge in [-0.15, -0.1) is 0 Å². The third-order valence-corrected chi connectivity index (χ3v) is 2.68.